The largest absolute Gasteiger partial charge is 0.340 e. The first kappa shape index (κ1) is 14.5. The van der Waals surface area contributed by atoms with E-state index in [4.69, 9.17) is 4.52 Å². The molecule has 6 nitrogen and oxygen atoms in total. The van der Waals surface area contributed by atoms with Crippen LogP contribution in [0.1, 0.15) is 50.7 Å². The van der Waals surface area contributed by atoms with Gasteiger partial charge in [0.15, 0.2) is 5.82 Å². The minimum absolute atomic E-state index is 0.291. The van der Waals surface area contributed by atoms with Crippen LogP contribution in [-0.4, -0.2) is 51.0 Å². The number of aromatic nitrogens is 2. The zero-order valence-corrected chi connectivity index (χ0v) is 12.9. The molecule has 2 aliphatic heterocycles. The minimum atomic E-state index is 0.291. The van der Waals surface area contributed by atoms with E-state index in [-0.39, 0.29) is 0 Å². The van der Waals surface area contributed by atoms with Crippen molar-refractivity contribution in [1.29, 1.82) is 0 Å². The normalized spacial score (nSPS) is 26.7. The van der Waals surface area contributed by atoms with Gasteiger partial charge in [0.25, 0.3) is 0 Å². The predicted octanol–water partition coefficient (Wildman–Crippen LogP) is 1.74. The molecule has 2 fully saturated rings. The molecule has 1 aromatic heterocycles. The van der Waals surface area contributed by atoms with E-state index in [2.05, 4.69) is 19.9 Å². The van der Waals surface area contributed by atoms with E-state index < -0.39 is 0 Å². The van der Waals surface area contributed by atoms with Gasteiger partial charge in [-0.15, -0.1) is 0 Å². The Hall–Kier alpha value is -1.43. The number of carbonyl (C=O) groups excluding carboxylic acids is 1. The van der Waals surface area contributed by atoms with E-state index in [1.165, 1.54) is 6.42 Å². The Morgan fingerprint density at radius 2 is 2.05 bits per heavy atom. The first-order valence-electron chi connectivity index (χ1n) is 8.01. The van der Waals surface area contributed by atoms with Gasteiger partial charge in [0, 0.05) is 32.0 Å². The minimum Gasteiger partial charge on any atom is -0.340 e. The van der Waals surface area contributed by atoms with Crippen LogP contribution in [0.15, 0.2) is 4.52 Å². The van der Waals surface area contributed by atoms with Crippen LogP contribution < -0.4 is 0 Å². The maximum absolute atomic E-state index is 12.1. The van der Waals surface area contributed by atoms with Gasteiger partial charge >= 0.3 is 0 Å². The number of rotatable bonds is 4. The summed E-state index contributed by atoms with van der Waals surface area (Å²) in [6.07, 6.45) is 5.20. The molecule has 0 radical (unpaired) electrons. The Labute approximate surface area is 125 Å². The Kier molecular flexibility index (Phi) is 4.24. The van der Waals surface area contributed by atoms with Gasteiger partial charge in [0.2, 0.25) is 11.8 Å². The van der Waals surface area contributed by atoms with Crippen molar-refractivity contribution in [2.45, 2.75) is 64.6 Å². The summed E-state index contributed by atoms with van der Waals surface area (Å²) in [6.45, 7) is 6.47. The van der Waals surface area contributed by atoms with Gasteiger partial charge in [-0.25, -0.2) is 0 Å². The van der Waals surface area contributed by atoms with E-state index >= 15 is 0 Å². The van der Waals surface area contributed by atoms with Crippen molar-refractivity contribution in [1.82, 2.24) is 19.9 Å². The van der Waals surface area contributed by atoms with Crippen molar-refractivity contribution in [3.05, 3.63) is 11.7 Å². The molecular weight excluding hydrogens is 268 g/mol. The van der Waals surface area contributed by atoms with Gasteiger partial charge in [0.1, 0.15) is 0 Å². The van der Waals surface area contributed by atoms with Gasteiger partial charge in [-0.1, -0.05) is 12.1 Å². The molecule has 2 saturated heterocycles. The fourth-order valence-corrected chi connectivity index (χ4v) is 3.78. The average molecular weight is 292 g/mol. The molecule has 0 spiro atoms. The van der Waals surface area contributed by atoms with Crippen LogP contribution in [-0.2, 0) is 11.3 Å². The molecule has 0 saturated carbocycles. The summed E-state index contributed by atoms with van der Waals surface area (Å²) in [7, 11) is 0. The topological polar surface area (TPSA) is 62.5 Å². The van der Waals surface area contributed by atoms with Gasteiger partial charge < -0.3 is 9.42 Å². The fraction of sp³-hybridized carbons (Fsp3) is 0.800. The Balaban J connectivity index is 1.69. The highest BCUT2D eigenvalue weighted by molar-refractivity contribution is 5.76. The second-order valence-electron chi connectivity index (χ2n) is 6.06. The summed E-state index contributed by atoms with van der Waals surface area (Å²) in [4.78, 5) is 21.0. The number of amides is 1. The van der Waals surface area contributed by atoms with Gasteiger partial charge in [0.05, 0.1) is 6.54 Å². The standard InChI is InChI=1S/C15H24N4O2/c1-3-15(20)19-9-5-7-13(19)12-6-4-8-18(12)10-14-16-11(2)21-17-14/h12-13H,3-10H2,1-2H3/t12-,13-/m0/s1. The molecule has 6 heteroatoms. The molecular formula is C15H24N4O2. The number of nitrogens with zero attached hydrogens (tertiary/aromatic N) is 4. The van der Waals surface area contributed by atoms with Crippen LogP contribution in [0.3, 0.4) is 0 Å². The third kappa shape index (κ3) is 2.95. The smallest absolute Gasteiger partial charge is 0.223 e. The lowest BCUT2D eigenvalue weighted by Gasteiger charge is -2.34. The predicted molar refractivity (Wildman–Crippen MR) is 77.5 cm³/mol. The lowest BCUT2D eigenvalue weighted by atomic mass is 10.0. The molecule has 0 aromatic carbocycles. The highest BCUT2D eigenvalue weighted by Crippen LogP contribution is 2.31. The van der Waals surface area contributed by atoms with Crippen molar-refractivity contribution in [2.75, 3.05) is 13.1 Å². The average Bonchev–Trinajstić information content (AvgIpc) is 3.18. The SMILES string of the molecule is CCC(=O)N1CCC[C@H]1[C@@H]1CCCN1Cc1noc(C)n1. The third-order valence-electron chi connectivity index (χ3n) is 4.69. The maximum Gasteiger partial charge on any atom is 0.223 e. The summed E-state index contributed by atoms with van der Waals surface area (Å²) in [5.74, 6) is 1.66. The number of likely N-dealkylation sites (tertiary alicyclic amines) is 2. The molecule has 0 aliphatic carbocycles. The van der Waals surface area contributed by atoms with E-state index in [0.29, 0.717) is 30.3 Å². The number of carbonyl (C=O) groups is 1. The lowest BCUT2D eigenvalue weighted by molar-refractivity contribution is -0.132. The van der Waals surface area contributed by atoms with Crippen molar-refractivity contribution in [3.8, 4) is 0 Å². The number of hydrogen-bond acceptors (Lipinski definition) is 5. The first-order chi connectivity index (χ1) is 10.2. The summed E-state index contributed by atoms with van der Waals surface area (Å²) in [5, 5.41) is 4.00. The van der Waals surface area contributed by atoms with Crippen LogP contribution in [0.25, 0.3) is 0 Å². The maximum atomic E-state index is 12.1. The monoisotopic (exact) mass is 292 g/mol. The van der Waals surface area contributed by atoms with Crippen LogP contribution in [0.4, 0.5) is 0 Å². The third-order valence-corrected chi connectivity index (χ3v) is 4.69. The zero-order valence-electron chi connectivity index (χ0n) is 12.9. The van der Waals surface area contributed by atoms with Crippen LogP contribution >= 0.6 is 0 Å². The highest BCUT2D eigenvalue weighted by Gasteiger charge is 2.39. The molecule has 0 unspecified atom stereocenters. The zero-order chi connectivity index (χ0) is 14.8. The summed E-state index contributed by atoms with van der Waals surface area (Å²) in [6, 6.07) is 0.815. The van der Waals surface area contributed by atoms with Gasteiger partial charge in [-0.05, 0) is 32.2 Å². The molecule has 0 bridgehead atoms. The van der Waals surface area contributed by atoms with Crippen molar-refractivity contribution in [2.24, 2.45) is 0 Å². The van der Waals surface area contributed by atoms with Crippen LogP contribution in [0.2, 0.25) is 0 Å². The van der Waals surface area contributed by atoms with Crippen molar-refractivity contribution in [3.63, 3.8) is 0 Å². The Morgan fingerprint density at radius 3 is 2.76 bits per heavy atom. The highest BCUT2D eigenvalue weighted by atomic mass is 16.5. The van der Waals surface area contributed by atoms with E-state index in [1.807, 2.05) is 13.8 Å². The van der Waals surface area contributed by atoms with Gasteiger partial charge in [-0.2, -0.15) is 4.98 Å². The van der Waals surface area contributed by atoms with Gasteiger partial charge in [-0.3, -0.25) is 9.69 Å². The molecule has 3 heterocycles. The van der Waals surface area contributed by atoms with E-state index in [0.717, 1.165) is 44.7 Å². The van der Waals surface area contributed by atoms with E-state index in [1.54, 1.807) is 0 Å². The van der Waals surface area contributed by atoms with Crippen LogP contribution in [0.5, 0.6) is 0 Å². The summed E-state index contributed by atoms with van der Waals surface area (Å²) >= 11 is 0. The van der Waals surface area contributed by atoms with Crippen molar-refractivity contribution >= 4 is 5.91 Å². The molecule has 1 amide bonds. The molecule has 2 aliphatic rings. The second-order valence-corrected chi connectivity index (χ2v) is 6.06. The van der Waals surface area contributed by atoms with Crippen LogP contribution in [0, 0.1) is 6.92 Å². The Morgan fingerprint density at radius 1 is 1.29 bits per heavy atom. The number of aryl methyl sites for hydroxylation is 1. The fourth-order valence-electron chi connectivity index (χ4n) is 3.78. The van der Waals surface area contributed by atoms with E-state index in [9.17, 15) is 4.79 Å². The summed E-state index contributed by atoms with van der Waals surface area (Å²) in [5.41, 5.74) is 0. The molecule has 0 N–H and O–H groups in total. The number of hydrogen-bond donors (Lipinski definition) is 0. The molecule has 21 heavy (non-hydrogen) atoms. The summed E-state index contributed by atoms with van der Waals surface area (Å²) < 4.78 is 5.06. The second kappa shape index (κ2) is 6.13. The molecule has 116 valence electrons. The lowest BCUT2D eigenvalue weighted by Crippen LogP contribution is -2.47. The quantitative estimate of drug-likeness (QED) is 0.846. The molecule has 1 aromatic rings. The molecule has 3 rings (SSSR count). The molecule has 2 atom stereocenters. The Bertz CT molecular complexity index is 502. The van der Waals surface area contributed by atoms with Crippen molar-refractivity contribution < 1.29 is 9.32 Å². The first-order valence-corrected chi connectivity index (χ1v) is 8.01.